The number of phenolic OH excluding ortho intramolecular Hbond substituents is 1. The first-order valence-corrected chi connectivity index (χ1v) is 8.60. The van der Waals surface area contributed by atoms with Crippen LogP contribution in [0.1, 0.15) is 35.5 Å². The van der Waals surface area contributed by atoms with Crippen molar-refractivity contribution in [3.63, 3.8) is 0 Å². The summed E-state index contributed by atoms with van der Waals surface area (Å²) in [7, 11) is 0. The highest BCUT2D eigenvalue weighted by molar-refractivity contribution is 6.04. The van der Waals surface area contributed by atoms with Crippen LogP contribution in [-0.2, 0) is 16.0 Å². The van der Waals surface area contributed by atoms with E-state index in [2.05, 4.69) is 0 Å². The third-order valence-corrected chi connectivity index (χ3v) is 4.28. The van der Waals surface area contributed by atoms with Gasteiger partial charge in [0.15, 0.2) is 0 Å². The maximum absolute atomic E-state index is 13.6. The van der Waals surface area contributed by atoms with Gasteiger partial charge in [0.25, 0.3) is 5.91 Å². The number of nitrogens with zero attached hydrogens (tertiary/aromatic N) is 1. The Balaban J connectivity index is 2.15. The minimum atomic E-state index is -0.506. The fourth-order valence-corrected chi connectivity index (χ4v) is 3.16. The monoisotopic (exact) mass is 369 g/mol. The van der Waals surface area contributed by atoms with Crippen LogP contribution >= 0.6 is 0 Å². The summed E-state index contributed by atoms with van der Waals surface area (Å²) >= 11 is 0. The van der Waals surface area contributed by atoms with Crippen LogP contribution in [0.5, 0.6) is 5.75 Å². The lowest BCUT2D eigenvalue weighted by molar-refractivity contribution is -0.146. The van der Waals surface area contributed by atoms with Gasteiger partial charge in [0.2, 0.25) is 0 Å². The van der Waals surface area contributed by atoms with Crippen molar-refractivity contribution in [2.75, 3.05) is 0 Å². The van der Waals surface area contributed by atoms with E-state index in [1.54, 1.807) is 26.8 Å². The molecule has 5 nitrogen and oxygen atoms in total. The Hall–Kier alpha value is -3.15. The largest absolute Gasteiger partial charge is 0.508 e. The summed E-state index contributed by atoms with van der Waals surface area (Å²) in [4.78, 5) is 25.2. The number of benzene rings is 2. The average Bonchev–Trinajstić information content (AvgIpc) is 2.85. The van der Waals surface area contributed by atoms with E-state index in [1.165, 1.54) is 41.0 Å². The molecule has 0 amide bonds. The summed E-state index contributed by atoms with van der Waals surface area (Å²) in [5.74, 6) is -1.32. The third-order valence-electron chi connectivity index (χ3n) is 4.28. The highest BCUT2D eigenvalue weighted by Crippen LogP contribution is 2.30. The average molecular weight is 369 g/mol. The van der Waals surface area contributed by atoms with Gasteiger partial charge < -0.3 is 9.84 Å². The van der Waals surface area contributed by atoms with Gasteiger partial charge in [0.1, 0.15) is 11.6 Å². The fraction of sp³-hybridized carbons (Fsp3) is 0.238. The Bertz CT molecular complexity index is 1040. The highest BCUT2D eigenvalue weighted by atomic mass is 19.1. The molecule has 0 spiro atoms. The first kappa shape index (κ1) is 18.6. The second-order valence-corrected chi connectivity index (χ2v) is 6.63. The van der Waals surface area contributed by atoms with Gasteiger partial charge in [0, 0.05) is 16.6 Å². The Kier molecular flexibility index (Phi) is 4.99. The zero-order chi connectivity index (χ0) is 19.7. The first-order valence-electron chi connectivity index (χ1n) is 8.60. The van der Waals surface area contributed by atoms with Crippen LogP contribution in [0.25, 0.3) is 10.9 Å². The number of ether oxygens (including phenoxy) is 1. The lowest BCUT2D eigenvalue weighted by atomic mass is 10.1. The van der Waals surface area contributed by atoms with Crippen LogP contribution < -0.4 is 0 Å². The molecule has 0 bridgehead atoms. The zero-order valence-corrected chi connectivity index (χ0v) is 15.3. The smallest absolute Gasteiger partial charge is 0.310 e. The normalized spacial score (nSPS) is 11.1. The van der Waals surface area contributed by atoms with Gasteiger partial charge in [-0.2, -0.15) is 0 Å². The van der Waals surface area contributed by atoms with Crippen molar-refractivity contribution in [3.8, 4) is 5.75 Å². The maximum atomic E-state index is 13.6. The van der Waals surface area contributed by atoms with E-state index in [9.17, 15) is 19.1 Å². The van der Waals surface area contributed by atoms with E-state index in [-0.39, 0.29) is 23.8 Å². The zero-order valence-electron chi connectivity index (χ0n) is 15.3. The Morgan fingerprint density at radius 3 is 2.59 bits per heavy atom. The van der Waals surface area contributed by atoms with Gasteiger partial charge in [0.05, 0.1) is 18.0 Å². The number of carbonyl (C=O) groups is 2. The predicted octanol–water partition coefficient (Wildman–Crippen LogP) is 3.98. The number of aromatic nitrogens is 1. The summed E-state index contributed by atoms with van der Waals surface area (Å²) in [6.07, 6.45) is -0.290. The molecule has 6 heteroatoms. The number of rotatable bonds is 4. The topological polar surface area (TPSA) is 68.5 Å². The molecule has 0 aliphatic heterocycles. The van der Waals surface area contributed by atoms with Gasteiger partial charge in [-0.25, -0.2) is 4.39 Å². The van der Waals surface area contributed by atoms with Crippen LogP contribution in [0.3, 0.4) is 0 Å². The van der Waals surface area contributed by atoms with Gasteiger partial charge in [-0.05, 0) is 62.7 Å². The molecule has 0 radical (unpaired) electrons. The number of hydrogen-bond acceptors (Lipinski definition) is 4. The van der Waals surface area contributed by atoms with E-state index >= 15 is 0 Å². The highest BCUT2D eigenvalue weighted by Gasteiger charge is 2.22. The van der Waals surface area contributed by atoms with Crippen LogP contribution in [-0.4, -0.2) is 27.7 Å². The minimum absolute atomic E-state index is 0.0244. The van der Waals surface area contributed by atoms with E-state index in [1.807, 2.05) is 0 Å². The molecule has 0 aliphatic rings. The molecule has 0 unspecified atom stereocenters. The van der Waals surface area contributed by atoms with Crippen molar-refractivity contribution in [2.24, 2.45) is 0 Å². The summed E-state index contributed by atoms with van der Waals surface area (Å²) in [5, 5.41) is 10.4. The van der Waals surface area contributed by atoms with Gasteiger partial charge in [-0.1, -0.05) is 6.07 Å². The maximum Gasteiger partial charge on any atom is 0.310 e. The summed E-state index contributed by atoms with van der Waals surface area (Å²) in [6.45, 7) is 5.23. The SMILES string of the molecule is Cc1c(CC(=O)OC(C)C)c2cc(O)ccc2n1C(=O)c1cccc(F)c1. The molecule has 3 aromatic rings. The molecule has 1 N–H and O–H groups in total. The number of esters is 1. The lowest BCUT2D eigenvalue weighted by Crippen LogP contribution is -2.16. The summed E-state index contributed by atoms with van der Waals surface area (Å²) < 4.78 is 20.2. The van der Waals surface area contributed by atoms with Crippen molar-refractivity contribution in [1.29, 1.82) is 0 Å². The van der Waals surface area contributed by atoms with Crippen LogP contribution in [0, 0.1) is 12.7 Å². The Labute approximate surface area is 156 Å². The van der Waals surface area contributed by atoms with Gasteiger partial charge in [-0.3, -0.25) is 14.2 Å². The van der Waals surface area contributed by atoms with E-state index in [0.717, 1.165) is 0 Å². The van der Waals surface area contributed by atoms with Crippen molar-refractivity contribution in [2.45, 2.75) is 33.3 Å². The molecule has 0 saturated carbocycles. The number of fused-ring (bicyclic) bond motifs is 1. The third kappa shape index (κ3) is 3.69. The van der Waals surface area contributed by atoms with E-state index in [0.29, 0.717) is 22.2 Å². The summed E-state index contributed by atoms with van der Waals surface area (Å²) in [6, 6.07) is 10.0. The Morgan fingerprint density at radius 2 is 1.93 bits per heavy atom. The molecule has 2 aromatic carbocycles. The lowest BCUT2D eigenvalue weighted by Gasteiger charge is -2.09. The van der Waals surface area contributed by atoms with E-state index < -0.39 is 17.7 Å². The number of halogens is 1. The first-order chi connectivity index (χ1) is 12.8. The molecule has 140 valence electrons. The van der Waals surface area contributed by atoms with Crippen LogP contribution in [0.4, 0.5) is 4.39 Å². The fourth-order valence-electron chi connectivity index (χ4n) is 3.16. The molecule has 27 heavy (non-hydrogen) atoms. The van der Waals surface area contributed by atoms with Crippen molar-refractivity contribution in [3.05, 3.63) is 65.1 Å². The van der Waals surface area contributed by atoms with Crippen LogP contribution in [0.15, 0.2) is 42.5 Å². The standard InChI is InChI=1S/C21H20FNO4/c1-12(2)27-20(25)11-17-13(3)23(19-8-7-16(24)10-18(17)19)21(26)14-5-4-6-15(22)9-14/h4-10,12,24H,11H2,1-3H3. The molecule has 3 rings (SSSR count). The molecule has 0 atom stereocenters. The molecule has 1 heterocycles. The van der Waals surface area contributed by atoms with Gasteiger partial charge in [-0.15, -0.1) is 0 Å². The van der Waals surface area contributed by atoms with E-state index in [4.69, 9.17) is 4.74 Å². The van der Waals surface area contributed by atoms with Crippen molar-refractivity contribution in [1.82, 2.24) is 4.57 Å². The van der Waals surface area contributed by atoms with Gasteiger partial charge >= 0.3 is 5.97 Å². The number of aromatic hydroxyl groups is 1. The molecular formula is C21H20FNO4. The minimum Gasteiger partial charge on any atom is -0.508 e. The van der Waals surface area contributed by atoms with Crippen molar-refractivity contribution >= 4 is 22.8 Å². The second-order valence-electron chi connectivity index (χ2n) is 6.63. The quantitative estimate of drug-likeness (QED) is 0.707. The Morgan fingerprint density at radius 1 is 1.19 bits per heavy atom. The molecule has 0 fully saturated rings. The molecule has 0 aliphatic carbocycles. The van der Waals surface area contributed by atoms with Crippen molar-refractivity contribution < 1.29 is 23.8 Å². The summed E-state index contributed by atoms with van der Waals surface area (Å²) in [5.41, 5.74) is 1.87. The second kappa shape index (κ2) is 7.23. The number of carbonyl (C=O) groups excluding carboxylic acids is 2. The number of hydrogen-bond donors (Lipinski definition) is 1. The molecule has 0 saturated heterocycles. The predicted molar refractivity (Wildman–Crippen MR) is 99.4 cm³/mol. The molecule has 1 aromatic heterocycles. The molecular weight excluding hydrogens is 349 g/mol. The van der Waals surface area contributed by atoms with Crippen LogP contribution in [0.2, 0.25) is 0 Å². The number of phenols is 1.